The van der Waals surface area contributed by atoms with Crippen LogP contribution in [0.25, 0.3) is 0 Å². The zero-order valence-corrected chi connectivity index (χ0v) is 14.0. The Bertz CT molecular complexity index is 477. The van der Waals surface area contributed by atoms with Crippen LogP contribution in [0.4, 0.5) is 0 Å². The second-order valence-electron chi connectivity index (χ2n) is 8.25. The fourth-order valence-electron chi connectivity index (χ4n) is 4.04. The van der Waals surface area contributed by atoms with Gasteiger partial charge < -0.3 is 27.0 Å². The first-order valence-electron chi connectivity index (χ1n) is 8.37. The van der Waals surface area contributed by atoms with E-state index in [1.54, 1.807) is 0 Å². The van der Waals surface area contributed by atoms with Gasteiger partial charge in [0.2, 0.25) is 0 Å². The summed E-state index contributed by atoms with van der Waals surface area (Å²) in [5.74, 6) is 2.17. The molecule has 3 rings (SSSR count). The van der Waals surface area contributed by atoms with Crippen LogP contribution in [-0.4, -0.2) is 42.2 Å². The second-order valence-corrected chi connectivity index (χ2v) is 8.25. The molecule has 6 N–H and O–H groups in total. The van der Waals surface area contributed by atoms with E-state index in [9.17, 15) is 0 Å². The van der Waals surface area contributed by atoms with E-state index in [4.69, 9.17) is 11.5 Å². The summed E-state index contributed by atoms with van der Waals surface area (Å²) in [6.07, 6.45) is 5.41. The van der Waals surface area contributed by atoms with Gasteiger partial charge in [-0.3, -0.25) is 0 Å². The van der Waals surface area contributed by atoms with Crippen molar-refractivity contribution in [3.63, 3.8) is 0 Å². The van der Waals surface area contributed by atoms with Crippen LogP contribution in [-0.2, 0) is 0 Å². The first kappa shape index (κ1) is 15.6. The molecule has 0 aromatic carbocycles. The Kier molecular flexibility index (Phi) is 3.85. The second kappa shape index (κ2) is 5.42. The molecule has 2 saturated heterocycles. The van der Waals surface area contributed by atoms with Crippen LogP contribution in [0.3, 0.4) is 0 Å². The van der Waals surface area contributed by atoms with Crippen molar-refractivity contribution in [3.05, 3.63) is 11.9 Å². The Morgan fingerprint density at radius 1 is 1.41 bits per heavy atom. The largest absolute Gasteiger partial charge is 0.370 e. The lowest BCUT2D eigenvalue weighted by atomic mass is 9.84. The van der Waals surface area contributed by atoms with Crippen LogP contribution in [0, 0.1) is 11.3 Å². The first-order chi connectivity index (χ1) is 10.2. The summed E-state index contributed by atoms with van der Waals surface area (Å²) in [4.78, 5) is 6.83. The van der Waals surface area contributed by atoms with E-state index in [1.165, 1.54) is 12.8 Å². The molecule has 3 atom stereocenters. The zero-order valence-electron chi connectivity index (χ0n) is 14.0. The highest BCUT2D eigenvalue weighted by Gasteiger charge is 2.38. The summed E-state index contributed by atoms with van der Waals surface area (Å²) >= 11 is 0. The van der Waals surface area contributed by atoms with Gasteiger partial charge >= 0.3 is 0 Å². The molecular weight excluding hydrogens is 276 g/mol. The van der Waals surface area contributed by atoms with Gasteiger partial charge in [0.1, 0.15) is 11.5 Å². The Morgan fingerprint density at radius 2 is 2.18 bits per heavy atom. The van der Waals surface area contributed by atoms with Gasteiger partial charge in [0.25, 0.3) is 0 Å². The number of nitrogens with zero attached hydrogens (tertiary/aromatic N) is 2. The maximum atomic E-state index is 6.51. The molecule has 3 heterocycles. The lowest BCUT2D eigenvalue weighted by Gasteiger charge is -2.36. The molecule has 3 unspecified atom stereocenters. The number of fused-ring (bicyclic) bond motifs is 1. The predicted molar refractivity (Wildman–Crippen MR) is 89.9 cm³/mol. The van der Waals surface area contributed by atoms with Gasteiger partial charge in [0.15, 0.2) is 5.96 Å². The van der Waals surface area contributed by atoms with E-state index in [0.29, 0.717) is 12.0 Å². The summed E-state index contributed by atoms with van der Waals surface area (Å²) in [7, 11) is 0. The normalized spacial score (nSPS) is 35.5. The smallest absolute Gasteiger partial charge is 0.196 e. The summed E-state index contributed by atoms with van der Waals surface area (Å²) < 4.78 is 0. The van der Waals surface area contributed by atoms with Crippen molar-refractivity contribution in [2.75, 3.05) is 19.6 Å². The lowest BCUT2D eigenvalue weighted by molar-refractivity contribution is 0.287. The summed E-state index contributed by atoms with van der Waals surface area (Å²) in [5, 5.41) is 6.85. The van der Waals surface area contributed by atoms with E-state index >= 15 is 0 Å². The van der Waals surface area contributed by atoms with E-state index < -0.39 is 5.66 Å². The highest BCUT2D eigenvalue weighted by Crippen LogP contribution is 2.32. The molecule has 0 bridgehead atoms. The summed E-state index contributed by atoms with van der Waals surface area (Å²) in [6, 6.07) is 0.589. The number of likely N-dealkylation sites (tertiary alicyclic amines) is 1. The minimum Gasteiger partial charge on any atom is -0.370 e. The van der Waals surface area contributed by atoms with Crippen LogP contribution in [0.1, 0.15) is 40.0 Å². The number of hydrogen-bond acceptors (Lipinski definition) is 6. The third kappa shape index (κ3) is 3.38. The number of rotatable bonds is 2. The number of hydrogen-bond donors (Lipinski definition) is 4. The number of aliphatic imine (C=N–C) groups is 1. The van der Waals surface area contributed by atoms with E-state index in [2.05, 4.69) is 47.4 Å². The van der Waals surface area contributed by atoms with Gasteiger partial charge in [-0.1, -0.05) is 20.8 Å². The average molecular weight is 306 g/mol. The van der Waals surface area contributed by atoms with Crippen LogP contribution in [0.5, 0.6) is 0 Å². The van der Waals surface area contributed by atoms with Crippen LogP contribution >= 0.6 is 0 Å². The van der Waals surface area contributed by atoms with E-state index in [0.717, 1.165) is 37.8 Å². The van der Waals surface area contributed by atoms with Crippen molar-refractivity contribution in [3.8, 4) is 0 Å². The standard InChI is InChI=1S/C16H30N6/c1-15(2,3)10-16(18)7-13(20-14(17)21-16)22-8-11-5-4-6-19-12(11)9-22/h7,11-12,19H,4-6,8-10,18H2,1-3H3,(H3,17,20,21). The van der Waals surface area contributed by atoms with Gasteiger partial charge in [0, 0.05) is 19.1 Å². The molecule has 124 valence electrons. The van der Waals surface area contributed by atoms with Crippen molar-refractivity contribution in [1.29, 1.82) is 0 Å². The fraction of sp³-hybridized carbons (Fsp3) is 0.812. The Morgan fingerprint density at radius 3 is 2.86 bits per heavy atom. The maximum absolute atomic E-state index is 6.51. The van der Waals surface area contributed by atoms with Crippen LogP contribution in [0.15, 0.2) is 16.9 Å². The molecule has 3 aliphatic heterocycles. The Balaban J connectivity index is 1.77. The molecule has 0 saturated carbocycles. The highest BCUT2D eigenvalue weighted by atomic mass is 15.3. The van der Waals surface area contributed by atoms with Gasteiger partial charge in [-0.25, -0.2) is 4.99 Å². The number of guanidine groups is 1. The average Bonchev–Trinajstić information content (AvgIpc) is 2.78. The van der Waals surface area contributed by atoms with Crippen molar-refractivity contribution in [2.24, 2.45) is 27.8 Å². The zero-order chi connectivity index (χ0) is 16.0. The van der Waals surface area contributed by atoms with Crippen LogP contribution in [0.2, 0.25) is 0 Å². The molecule has 6 nitrogen and oxygen atoms in total. The van der Waals surface area contributed by atoms with E-state index in [-0.39, 0.29) is 5.41 Å². The SMILES string of the molecule is CC(C)(C)CC1(N)C=C(N2CC3CCCNC3C2)NC(N)=N1. The third-order valence-corrected chi connectivity index (χ3v) is 4.72. The number of piperidine rings is 1. The van der Waals surface area contributed by atoms with Gasteiger partial charge in [-0.2, -0.15) is 0 Å². The molecule has 0 aliphatic carbocycles. The van der Waals surface area contributed by atoms with Crippen molar-refractivity contribution in [1.82, 2.24) is 15.5 Å². The monoisotopic (exact) mass is 306 g/mol. The minimum absolute atomic E-state index is 0.0953. The van der Waals surface area contributed by atoms with Crippen molar-refractivity contribution < 1.29 is 0 Å². The molecule has 0 radical (unpaired) electrons. The van der Waals surface area contributed by atoms with E-state index in [1.807, 2.05) is 0 Å². The predicted octanol–water partition coefficient (Wildman–Crippen LogP) is 0.521. The molecule has 22 heavy (non-hydrogen) atoms. The van der Waals surface area contributed by atoms with Crippen molar-refractivity contribution >= 4 is 5.96 Å². The lowest BCUT2D eigenvalue weighted by Crippen LogP contribution is -2.51. The fourth-order valence-corrected chi connectivity index (χ4v) is 4.04. The molecule has 6 heteroatoms. The first-order valence-corrected chi connectivity index (χ1v) is 8.37. The molecule has 0 aromatic rings. The van der Waals surface area contributed by atoms with Crippen molar-refractivity contribution in [2.45, 2.75) is 51.7 Å². The molecule has 3 aliphatic rings. The van der Waals surface area contributed by atoms with Gasteiger partial charge in [0.05, 0.1) is 0 Å². The third-order valence-electron chi connectivity index (χ3n) is 4.72. The Labute approximate surface area is 133 Å². The quantitative estimate of drug-likeness (QED) is 0.597. The summed E-state index contributed by atoms with van der Waals surface area (Å²) in [6.45, 7) is 9.75. The number of nitrogens with two attached hydrogens (primary N) is 2. The van der Waals surface area contributed by atoms with Gasteiger partial charge in [-0.05, 0) is 43.2 Å². The molecular formula is C16H30N6. The molecule has 0 aromatic heterocycles. The minimum atomic E-state index is -0.718. The molecule has 0 amide bonds. The topological polar surface area (TPSA) is 91.7 Å². The Hall–Kier alpha value is -1.27. The number of nitrogens with one attached hydrogen (secondary N) is 2. The summed E-state index contributed by atoms with van der Waals surface area (Å²) in [5.41, 5.74) is 11.9. The molecule has 0 spiro atoms. The van der Waals surface area contributed by atoms with Gasteiger partial charge in [-0.15, -0.1) is 0 Å². The highest BCUT2D eigenvalue weighted by molar-refractivity contribution is 5.81. The van der Waals surface area contributed by atoms with Crippen LogP contribution < -0.4 is 22.1 Å². The maximum Gasteiger partial charge on any atom is 0.196 e. The molecule has 2 fully saturated rings.